The molecule has 3 N–H and O–H groups in total. The molecule has 210 valence electrons. The van der Waals surface area contributed by atoms with Crippen molar-refractivity contribution >= 4 is 34.1 Å². The van der Waals surface area contributed by atoms with Crippen LogP contribution in [0.25, 0.3) is 10.6 Å². The highest BCUT2D eigenvalue weighted by Crippen LogP contribution is 2.37. The molecule has 0 aliphatic carbocycles. The van der Waals surface area contributed by atoms with Crippen molar-refractivity contribution in [1.29, 1.82) is 0 Å². The van der Waals surface area contributed by atoms with Gasteiger partial charge in [0.25, 0.3) is 0 Å². The normalized spacial score (nSPS) is 13.4. The molecule has 0 saturated carbocycles. The third-order valence-corrected chi connectivity index (χ3v) is 6.49. The van der Waals surface area contributed by atoms with E-state index >= 15 is 0 Å². The monoisotopic (exact) mass is 575 g/mol. The minimum Gasteiger partial charge on any atom is -0.497 e. The molecule has 1 heterocycles. The molecule has 15 heteroatoms. The van der Waals surface area contributed by atoms with Crippen molar-refractivity contribution in [2.75, 3.05) is 17.7 Å². The van der Waals surface area contributed by atoms with E-state index in [0.717, 1.165) is 11.3 Å². The first-order valence-corrected chi connectivity index (χ1v) is 12.2. The smallest absolute Gasteiger partial charge is 0.416 e. The molecule has 2 aromatic carbocycles. The quantitative estimate of drug-likeness (QED) is 0.269. The molecule has 8 nitrogen and oxygen atoms in total. The zero-order chi connectivity index (χ0) is 29.0. The van der Waals surface area contributed by atoms with Crippen LogP contribution in [0.4, 0.5) is 42.0 Å². The maximum Gasteiger partial charge on any atom is 0.416 e. The number of anilines is 2. The lowest BCUT2D eigenvalue weighted by molar-refractivity contribution is -0.143. The standard InChI is InChI=1S/C24H23F6N5O3S/c1-4-12(2)18(19(36)33-22-35-34-20(39-22)13-6-5-7-17(8-13)38-3)32-21(37)31-16-10-14(23(25,26)27)9-15(11-16)24(28,29)30/h5-12,18H,4H2,1-3H3,(H2,31,32,37)(H,33,35,36)/t12-,18+/m1/s1. The van der Waals surface area contributed by atoms with Crippen LogP contribution >= 0.6 is 11.3 Å². The van der Waals surface area contributed by atoms with E-state index in [1.165, 1.54) is 7.11 Å². The van der Waals surface area contributed by atoms with Crippen molar-refractivity contribution in [3.63, 3.8) is 0 Å². The summed E-state index contributed by atoms with van der Waals surface area (Å²) in [5.41, 5.74) is -3.24. The van der Waals surface area contributed by atoms with Crippen LogP contribution in [0.1, 0.15) is 31.4 Å². The topological polar surface area (TPSA) is 105 Å². The summed E-state index contributed by atoms with van der Waals surface area (Å²) in [6, 6.07) is 5.28. The van der Waals surface area contributed by atoms with E-state index in [1.54, 1.807) is 38.1 Å². The number of benzene rings is 2. The lowest BCUT2D eigenvalue weighted by Gasteiger charge is -2.23. The fourth-order valence-corrected chi connectivity index (χ4v) is 4.11. The fourth-order valence-electron chi connectivity index (χ4n) is 3.37. The maximum atomic E-state index is 13.1. The van der Waals surface area contributed by atoms with E-state index in [2.05, 4.69) is 20.8 Å². The second-order valence-corrected chi connectivity index (χ2v) is 9.37. The third-order valence-electron chi connectivity index (χ3n) is 5.60. The van der Waals surface area contributed by atoms with E-state index in [4.69, 9.17) is 4.74 Å². The number of alkyl halides is 6. The van der Waals surface area contributed by atoms with Crippen LogP contribution in [0.5, 0.6) is 5.75 Å². The predicted molar refractivity (Wildman–Crippen MR) is 132 cm³/mol. The molecule has 0 spiro atoms. The van der Waals surface area contributed by atoms with Crippen LogP contribution in [-0.4, -0.2) is 35.3 Å². The van der Waals surface area contributed by atoms with E-state index in [0.29, 0.717) is 34.9 Å². The lowest BCUT2D eigenvalue weighted by atomic mass is 9.98. The zero-order valence-electron chi connectivity index (χ0n) is 20.7. The molecule has 0 saturated heterocycles. The van der Waals surface area contributed by atoms with Crippen LogP contribution in [0, 0.1) is 5.92 Å². The molecular weight excluding hydrogens is 552 g/mol. The van der Waals surface area contributed by atoms with Gasteiger partial charge in [0.2, 0.25) is 11.0 Å². The Morgan fingerprint density at radius 1 is 0.974 bits per heavy atom. The van der Waals surface area contributed by atoms with Crippen LogP contribution in [0.15, 0.2) is 42.5 Å². The van der Waals surface area contributed by atoms with E-state index in [-0.39, 0.29) is 11.2 Å². The number of ether oxygens (including phenoxy) is 1. The molecule has 0 bridgehead atoms. The second kappa shape index (κ2) is 11.9. The zero-order valence-corrected chi connectivity index (χ0v) is 21.5. The Hall–Kier alpha value is -3.88. The van der Waals surface area contributed by atoms with Crippen LogP contribution in [-0.2, 0) is 17.1 Å². The molecule has 3 aromatic rings. The number of rotatable bonds is 8. The Morgan fingerprint density at radius 2 is 1.62 bits per heavy atom. The average molecular weight is 576 g/mol. The highest BCUT2D eigenvalue weighted by atomic mass is 32.1. The first-order valence-electron chi connectivity index (χ1n) is 11.4. The van der Waals surface area contributed by atoms with Gasteiger partial charge in [-0.3, -0.25) is 10.1 Å². The Labute approximate surface area is 222 Å². The highest BCUT2D eigenvalue weighted by molar-refractivity contribution is 7.18. The highest BCUT2D eigenvalue weighted by Gasteiger charge is 2.37. The fraction of sp³-hybridized carbons (Fsp3) is 0.333. The molecule has 3 amide bonds. The molecule has 0 unspecified atom stereocenters. The molecule has 0 aliphatic heterocycles. The summed E-state index contributed by atoms with van der Waals surface area (Å²) in [7, 11) is 1.51. The Morgan fingerprint density at radius 3 is 2.18 bits per heavy atom. The number of urea groups is 1. The summed E-state index contributed by atoms with van der Waals surface area (Å²) in [5.74, 6) is -0.579. The van der Waals surface area contributed by atoms with Crippen LogP contribution < -0.4 is 20.7 Å². The van der Waals surface area contributed by atoms with Gasteiger partial charge in [0.1, 0.15) is 16.8 Å². The van der Waals surface area contributed by atoms with E-state index < -0.39 is 53.1 Å². The third kappa shape index (κ3) is 7.81. The SMILES string of the molecule is CC[C@@H](C)[C@H](NC(=O)Nc1cc(C(F)(F)F)cc(C(F)(F)F)c1)C(=O)Nc1nnc(-c2cccc(OC)c2)s1. The van der Waals surface area contributed by atoms with Gasteiger partial charge in [-0.25, -0.2) is 4.79 Å². The number of methoxy groups -OCH3 is 1. The molecule has 2 atom stereocenters. The summed E-state index contributed by atoms with van der Waals surface area (Å²) in [6.45, 7) is 3.37. The summed E-state index contributed by atoms with van der Waals surface area (Å²) in [6.07, 6.45) is -9.76. The second-order valence-electron chi connectivity index (χ2n) is 8.39. The molecule has 3 rings (SSSR count). The van der Waals surface area contributed by atoms with Gasteiger partial charge >= 0.3 is 18.4 Å². The number of carbonyl (C=O) groups excluding carboxylic acids is 2. The van der Waals surface area contributed by atoms with Crippen LogP contribution in [0.3, 0.4) is 0 Å². The van der Waals surface area contributed by atoms with Crippen molar-refractivity contribution in [2.24, 2.45) is 5.92 Å². The molecule has 0 fully saturated rings. The number of aromatic nitrogens is 2. The van der Waals surface area contributed by atoms with Gasteiger partial charge in [-0.1, -0.05) is 43.7 Å². The first kappa shape index (κ1) is 29.7. The molecular formula is C24H23F6N5O3S. The van der Waals surface area contributed by atoms with Gasteiger partial charge < -0.3 is 15.4 Å². The number of amides is 3. The number of hydrogen-bond donors (Lipinski definition) is 3. The van der Waals surface area contributed by atoms with Crippen LogP contribution in [0.2, 0.25) is 0 Å². The van der Waals surface area contributed by atoms with E-state index in [1.807, 2.05) is 5.32 Å². The van der Waals surface area contributed by atoms with Crippen molar-refractivity contribution in [2.45, 2.75) is 38.7 Å². The van der Waals surface area contributed by atoms with Crippen molar-refractivity contribution in [3.05, 3.63) is 53.6 Å². The molecule has 39 heavy (non-hydrogen) atoms. The summed E-state index contributed by atoms with van der Waals surface area (Å²) in [5, 5.41) is 15.4. The maximum absolute atomic E-state index is 13.1. The van der Waals surface area contributed by atoms with Gasteiger partial charge in [0.15, 0.2) is 0 Å². The summed E-state index contributed by atoms with van der Waals surface area (Å²) in [4.78, 5) is 25.6. The Balaban J connectivity index is 1.76. The number of nitrogens with zero attached hydrogens (tertiary/aromatic N) is 2. The van der Waals surface area contributed by atoms with Gasteiger partial charge in [-0.2, -0.15) is 26.3 Å². The number of halogens is 6. The average Bonchev–Trinajstić information content (AvgIpc) is 3.34. The largest absolute Gasteiger partial charge is 0.497 e. The van der Waals surface area contributed by atoms with E-state index in [9.17, 15) is 35.9 Å². The van der Waals surface area contributed by atoms with Gasteiger partial charge in [0.05, 0.1) is 18.2 Å². The summed E-state index contributed by atoms with van der Waals surface area (Å²) < 4.78 is 84.0. The number of nitrogens with one attached hydrogen (secondary N) is 3. The number of hydrogen-bond acceptors (Lipinski definition) is 6. The van der Waals surface area contributed by atoms with Crippen molar-refractivity contribution in [1.82, 2.24) is 15.5 Å². The predicted octanol–water partition coefficient (Wildman–Crippen LogP) is 6.43. The van der Waals surface area contributed by atoms with Gasteiger partial charge in [0, 0.05) is 11.3 Å². The number of carbonyl (C=O) groups is 2. The lowest BCUT2D eigenvalue weighted by Crippen LogP contribution is -2.49. The Kier molecular flexibility index (Phi) is 9.04. The van der Waals surface area contributed by atoms with Gasteiger partial charge in [-0.05, 0) is 36.2 Å². The van der Waals surface area contributed by atoms with Crippen molar-refractivity contribution in [3.8, 4) is 16.3 Å². The minimum absolute atomic E-state index is 0.0552. The molecule has 0 radical (unpaired) electrons. The summed E-state index contributed by atoms with van der Waals surface area (Å²) >= 11 is 1.05. The van der Waals surface area contributed by atoms with Crippen molar-refractivity contribution < 1.29 is 40.7 Å². The van der Waals surface area contributed by atoms with Gasteiger partial charge in [-0.15, -0.1) is 10.2 Å². The minimum atomic E-state index is -5.08. The molecule has 1 aromatic heterocycles. The molecule has 0 aliphatic rings. The Bertz CT molecular complexity index is 1300. The first-order chi connectivity index (χ1) is 18.2.